The average Bonchev–Trinajstić information content (AvgIpc) is 2.89. The highest BCUT2D eigenvalue weighted by atomic mass is 15.0. The van der Waals surface area contributed by atoms with Crippen LogP contribution in [0.5, 0.6) is 0 Å². The summed E-state index contributed by atoms with van der Waals surface area (Å²) in [5, 5.41) is 1.14. The Morgan fingerprint density at radius 2 is 1.58 bits per heavy atom. The summed E-state index contributed by atoms with van der Waals surface area (Å²) in [5.74, 6) is 1.19. The lowest BCUT2D eigenvalue weighted by molar-refractivity contribution is 0.918. The van der Waals surface area contributed by atoms with Crippen molar-refractivity contribution in [1.29, 1.82) is 0 Å². The molecule has 0 atom stereocenters. The van der Waals surface area contributed by atoms with Crippen molar-refractivity contribution in [3.63, 3.8) is 0 Å². The molecule has 3 aromatic heterocycles. The first-order valence-electron chi connectivity index (χ1n) is 8.33. The zero-order valence-corrected chi connectivity index (χ0v) is 16.0. The normalized spacial score (nSPS) is 8.96. The van der Waals surface area contributed by atoms with Crippen molar-refractivity contribution in [3.05, 3.63) is 47.9 Å². The van der Waals surface area contributed by atoms with Gasteiger partial charge in [0, 0.05) is 36.6 Å². The van der Waals surface area contributed by atoms with E-state index in [2.05, 4.69) is 27.5 Å². The van der Waals surface area contributed by atoms with Crippen LogP contribution in [0, 0.1) is 13.8 Å². The standard InChI is InChI=1S/C9H11N3.C6H8N2.2C2H6/c1-6-3-7-5-11-9(10)4-8(7)12(6)2;1-5-3-2-4-8-6(5)7;2*1-2/h3-5H,1-2H3,(H2,10,11);2-4H,1H3,(H2,7,8);2*1-2H3. The molecule has 0 aliphatic carbocycles. The summed E-state index contributed by atoms with van der Waals surface area (Å²) < 4.78 is 2.10. The molecule has 0 aliphatic rings. The zero-order valence-electron chi connectivity index (χ0n) is 16.0. The van der Waals surface area contributed by atoms with Gasteiger partial charge in [0.1, 0.15) is 11.6 Å². The van der Waals surface area contributed by atoms with Crippen LogP contribution in [0.3, 0.4) is 0 Å². The lowest BCUT2D eigenvalue weighted by Crippen LogP contribution is -1.92. The highest BCUT2D eigenvalue weighted by Gasteiger charge is 2.01. The van der Waals surface area contributed by atoms with E-state index in [9.17, 15) is 0 Å². The summed E-state index contributed by atoms with van der Waals surface area (Å²) in [6.07, 6.45) is 3.49. The summed E-state index contributed by atoms with van der Waals surface area (Å²) in [5.41, 5.74) is 14.4. The number of aryl methyl sites for hydroxylation is 3. The van der Waals surface area contributed by atoms with Gasteiger partial charge in [-0.05, 0) is 31.5 Å². The number of nitrogens with zero attached hydrogens (tertiary/aromatic N) is 3. The maximum atomic E-state index is 5.58. The van der Waals surface area contributed by atoms with E-state index in [4.69, 9.17) is 11.5 Å². The molecule has 5 nitrogen and oxygen atoms in total. The van der Waals surface area contributed by atoms with E-state index in [1.165, 1.54) is 5.69 Å². The predicted molar refractivity (Wildman–Crippen MR) is 106 cm³/mol. The van der Waals surface area contributed by atoms with Crippen LogP contribution in [-0.4, -0.2) is 14.5 Å². The monoisotopic (exact) mass is 329 g/mol. The van der Waals surface area contributed by atoms with E-state index >= 15 is 0 Å². The smallest absolute Gasteiger partial charge is 0.126 e. The van der Waals surface area contributed by atoms with Crippen molar-refractivity contribution >= 4 is 22.5 Å². The molecule has 0 bridgehead atoms. The van der Waals surface area contributed by atoms with Crippen LogP contribution >= 0.6 is 0 Å². The molecular weight excluding hydrogens is 298 g/mol. The van der Waals surface area contributed by atoms with Crippen LogP contribution in [0.4, 0.5) is 11.6 Å². The number of hydrogen-bond acceptors (Lipinski definition) is 4. The first-order chi connectivity index (χ1) is 11.5. The van der Waals surface area contributed by atoms with E-state index in [1.807, 2.05) is 59.9 Å². The number of anilines is 2. The SMILES string of the molecule is CC.CC.Cc1cc2cnc(N)cc2n1C.Cc1cccnc1N. The Kier molecular flexibility index (Phi) is 9.87. The van der Waals surface area contributed by atoms with Crippen LogP contribution in [0.1, 0.15) is 39.0 Å². The second-order valence-electron chi connectivity index (χ2n) is 4.72. The third-order valence-corrected chi connectivity index (χ3v) is 3.24. The van der Waals surface area contributed by atoms with E-state index in [0.29, 0.717) is 11.6 Å². The van der Waals surface area contributed by atoms with Gasteiger partial charge in [0.15, 0.2) is 0 Å². The highest BCUT2D eigenvalue weighted by Crippen LogP contribution is 2.18. The van der Waals surface area contributed by atoms with E-state index < -0.39 is 0 Å². The molecule has 3 rings (SSSR count). The first kappa shape index (κ1) is 21.4. The second-order valence-corrected chi connectivity index (χ2v) is 4.72. The fourth-order valence-corrected chi connectivity index (χ4v) is 1.88. The Bertz CT molecular complexity index is 711. The van der Waals surface area contributed by atoms with Crippen molar-refractivity contribution in [3.8, 4) is 0 Å². The third kappa shape index (κ3) is 5.91. The number of fused-ring (bicyclic) bond motifs is 1. The van der Waals surface area contributed by atoms with Crippen LogP contribution in [0.2, 0.25) is 0 Å². The molecule has 3 aromatic rings. The summed E-state index contributed by atoms with van der Waals surface area (Å²) in [6, 6.07) is 7.79. The summed E-state index contributed by atoms with van der Waals surface area (Å²) in [7, 11) is 2.02. The highest BCUT2D eigenvalue weighted by molar-refractivity contribution is 5.82. The molecular formula is C19H31N5. The van der Waals surface area contributed by atoms with Gasteiger partial charge in [-0.3, -0.25) is 0 Å². The largest absolute Gasteiger partial charge is 0.384 e. The zero-order chi connectivity index (χ0) is 18.7. The molecule has 0 unspecified atom stereocenters. The fourth-order valence-electron chi connectivity index (χ4n) is 1.88. The Labute approximate surface area is 145 Å². The minimum absolute atomic E-state index is 0.573. The number of hydrogen-bond donors (Lipinski definition) is 2. The van der Waals surface area contributed by atoms with Gasteiger partial charge >= 0.3 is 0 Å². The molecule has 24 heavy (non-hydrogen) atoms. The summed E-state index contributed by atoms with van der Waals surface area (Å²) >= 11 is 0. The molecule has 0 radical (unpaired) electrons. The Balaban J connectivity index is 0.000000385. The number of aromatic nitrogens is 3. The van der Waals surface area contributed by atoms with E-state index in [1.54, 1.807) is 12.4 Å². The lowest BCUT2D eigenvalue weighted by Gasteiger charge is -1.98. The average molecular weight is 329 g/mol. The molecule has 0 spiro atoms. The fraction of sp³-hybridized carbons (Fsp3) is 0.368. The molecule has 0 saturated heterocycles. The lowest BCUT2D eigenvalue weighted by atomic mass is 10.3. The molecule has 0 aliphatic heterocycles. The van der Waals surface area contributed by atoms with Gasteiger partial charge in [0.05, 0.1) is 5.52 Å². The van der Waals surface area contributed by atoms with E-state index in [-0.39, 0.29) is 0 Å². The van der Waals surface area contributed by atoms with Crippen molar-refractivity contribution in [2.24, 2.45) is 7.05 Å². The van der Waals surface area contributed by atoms with Gasteiger partial charge in [-0.2, -0.15) is 0 Å². The Morgan fingerprint density at radius 1 is 0.958 bits per heavy atom. The predicted octanol–water partition coefficient (Wildman–Crippen LogP) is 4.49. The molecule has 0 aromatic carbocycles. The third-order valence-electron chi connectivity index (χ3n) is 3.24. The Hall–Kier alpha value is -2.56. The Morgan fingerprint density at radius 3 is 2.08 bits per heavy atom. The van der Waals surface area contributed by atoms with Crippen LogP contribution in [-0.2, 0) is 7.05 Å². The van der Waals surface area contributed by atoms with Gasteiger partial charge in [-0.15, -0.1) is 0 Å². The molecule has 5 heteroatoms. The topological polar surface area (TPSA) is 82.8 Å². The molecule has 4 N–H and O–H groups in total. The van der Waals surface area contributed by atoms with Crippen molar-refractivity contribution in [2.45, 2.75) is 41.5 Å². The van der Waals surface area contributed by atoms with Crippen LogP contribution < -0.4 is 11.5 Å². The summed E-state index contributed by atoms with van der Waals surface area (Å²) in [4.78, 5) is 7.88. The van der Waals surface area contributed by atoms with Crippen molar-refractivity contribution < 1.29 is 0 Å². The van der Waals surface area contributed by atoms with Crippen LogP contribution in [0.25, 0.3) is 10.9 Å². The molecule has 3 heterocycles. The van der Waals surface area contributed by atoms with Gasteiger partial charge in [0.25, 0.3) is 0 Å². The van der Waals surface area contributed by atoms with Gasteiger partial charge in [0.2, 0.25) is 0 Å². The molecule has 0 fully saturated rings. The number of rotatable bonds is 0. The second kappa shape index (κ2) is 11.0. The quantitative estimate of drug-likeness (QED) is 0.636. The van der Waals surface area contributed by atoms with Gasteiger partial charge in [-0.1, -0.05) is 33.8 Å². The van der Waals surface area contributed by atoms with Gasteiger partial charge < -0.3 is 16.0 Å². The minimum Gasteiger partial charge on any atom is -0.384 e. The number of nitrogens with two attached hydrogens (primary N) is 2. The molecule has 0 saturated carbocycles. The minimum atomic E-state index is 0.573. The van der Waals surface area contributed by atoms with E-state index in [0.717, 1.165) is 16.5 Å². The van der Waals surface area contributed by atoms with Crippen molar-refractivity contribution in [1.82, 2.24) is 14.5 Å². The van der Waals surface area contributed by atoms with Gasteiger partial charge in [-0.25, -0.2) is 9.97 Å². The molecule has 132 valence electrons. The first-order valence-corrected chi connectivity index (χ1v) is 8.33. The number of pyridine rings is 2. The number of nitrogen functional groups attached to an aromatic ring is 2. The molecule has 0 amide bonds. The van der Waals surface area contributed by atoms with Crippen LogP contribution in [0.15, 0.2) is 36.7 Å². The maximum absolute atomic E-state index is 5.58. The van der Waals surface area contributed by atoms with Crippen molar-refractivity contribution in [2.75, 3.05) is 11.5 Å². The summed E-state index contributed by atoms with van der Waals surface area (Å²) in [6.45, 7) is 12.0. The maximum Gasteiger partial charge on any atom is 0.126 e.